The molecule has 6 heteroatoms. The van der Waals surface area contributed by atoms with Crippen molar-refractivity contribution in [1.82, 2.24) is 9.55 Å². The van der Waals surface area contributed by atoms with Gasteiger partial charge in [-0.15, -0.1) is 11.3 Å². The minimum Gasteiger partial charge on any atom is -0.324 e. The lowest BCUT2D eigenvalue weighted by Crippen LogP contribution is -2.28. The molecule has 0 aliphatic heterocycles. The van der Waals surface area contributed by atoms with Gasteiger partial charge in [-0.25, -0.2) is 4.98 Å². The molecule has 2 heterocycles. The van der Waals surface area contributed by atoms with Crippen molar-refractivity contribution in [2.45, 2.75) is 46.6 Å². The molecule has 27 heavy (non-hydrogen) atoms. The molecule has 1 N–H and O–H groups in total. The number of nitrogens with one attached hydrogen (secondary N) is 1. The van der Waals surface area contributed by atoms with E-state index in [1.54, 1.807) is 11.3 Å². The van der Waals surface area contributed by atoms with Crippen molar-refractivity contribution in [2.75, 3.05) is 5.32 Å². The summed E-state index contributed by atoms with van der Waals surface area (Å²) in [6, 6.07) is 5.80. The van der Waals surface area contributed by atoms with Crippen LogP contribution < -0.4 is 10.9 Å². The van der Waals surface area contributed by atoms with Crippen molar-refractivity contribution < 1.29 is 4.79 Å². The zero-order chi connectivity index (χ0) is 19.1. The highest BCUT2D eigenvalue weighted by atomic mass is 32.1. The summed E-state index contributed by atoms with van der Waals surface area (Å²) in [4.78, 5) is 32.1. The molecular weight excluding hydrogens is 358 g/mol. The van der Waals surface area contributed by atoms with Gasteiger partial charge in [0.05, 0.1) is 11.7 Å². The molecule has 0 saturated heterocycles. The first-order valence-corrected chi connectivity index (χ1v) is 10.1. The minimum atomic E-state index is -0.218. The highest BCUT2D eigenvalue weighted by molar-refractivity contribution is 7.18. The Kier molecular flexibility index (Phi) is 4.60. The number of amides is 1. The number of aromatic nitrogens is 2. The van der Waals surface area contributed by atoms with Crippen LogP contribution in [0.4, 0.5) is 5.69 Å². The van der Waals surface area contributed by atoms with Gasteiger partial charge in [-0.2, -0.15) is 0 Å². The van der Waals surface area contributed by atoms with E-state index in [1.807, 2.05) is 32.0 Å². The third-order valence-electron chi connectivity index (χ3n) is 5.47. The first-order chi connectivity index (χ1) is 12.9. The number of fused-ring (bicyclic) bond motifs is 3. The smallest absolute Gasteiger partial charge is 0.262 e. The third kappa shape index (κ3) is 3.30. The lowest BCUT2D eigenvalue weighted by molar-refractivity contribution is -0.116. The number of thiophene rings is 1. The quantitative estimate of drug-likeness (QED) is 0.750. The predicted molar refractivity (Wildman–Crippen MR) is 110 cm³/mol. The SMILES string of the molecule is Cc1cccc(NC(=O)Cn2cnc3sc4c(c3c2=O)CCC(C)C4)c1C. The Morgan fingerprint density at radius 2 is 2.19 bits per heavy atom. The monoisotopic (exact) mass is 381 g/mol. The van der Waals surface area contributed by atoms with Crippen molar-refractivity contribution in [3.05, 3.63) is 56.4 Å². The second-order valence-corrected chi connectivity index (χ2v) is 8.59. The van der Waals surface area contributed by atoms with Crippen LogP contribution in [-0.2, 0) is 24.2 Å². The van der Waals surface area contributed by atoms with Crippen molar-refractivity contribution in [3.63, 3.8) is 0 Å². The van der Waals surface area contributed by atoms with Crippen LogP contribution >= 0.6 is 11.3 Å². The molecule has 5 nitrogen and oxygen atoms in total. The van der Waals surface area contributed by atoms with Crippen LogP contribution in [0.5, 0.6) is 0 Å². The van der Waals surface area contributed by atoms with Gasteiger partial charge >= 0.3 is 0 Å². The second kappa shape index (κ2) is 6.93. The van der Waals surface area contributed by atoms with E-state index >= 15 is 0 Å². The topological polar surface area (TPSA) is 64.0 Å². The van der Waals surface area contributed by atoms with Gasteiger partial charge in [0.1, 0.15) is 11.4 Å². The molecule has 2 aromatic heterocycles. The Labute approximate surface area is 162 Å². The van der Waals surface area contributed by atoms with E-state index < -0.39 is 0 Å². The van der Waals surface area contributed by atoms with Crippen LogP contribution in [-0.4, -0.2) is 15.5 Å². The summed E-state index contributed by atoms with van der Waals surface area (Å²) in [6.45, 7) is 6.20. The summed E-state index contributed by atoms with van der Waals surface area (Å²) in [6.07, 6.45) is 4.54. The number of anilines is 1. The second-order valence-electron chi connectivity index (χ2n) is 7.51. The predicted octanol–water partition coefficient (Wildman–Crippen LogP) is 3.84. The van der Waals surface area contributed by atoms with Gasteiger partial charge in [0.15, 0.2) is 0 Å². The number of rotatable bonds is 3. The highest BCUT2D eigenvalue weighted by Crippen LogP contribution is 2.35. The zero-order valence-corrected chi connectivity index (χ0v) is 16.7. The molecule has 0 fully saturated rings. The molecule has 1 unspecified atom stereocenters. The van der Waals surface area contributed by atoms with Crippen LogP contribution in [0.25, 0.3) is 10.2 Å². The number of hydrogen-bond donors (Lipinski definition) is 1. The number of nitrogens with zero attached hydrogens (tertiary/aromatic N) is 2. The van der Waals surface area contributed by atoms with Gasteiger partial charge in [-0.3, -0.25) is 14.2 Å². The fourth-order valence-electron chi connectivity index (χ4n) is 3.71. The molecule has 1 aliphatic carbocycles. The molecule has 1 atom stereocenters. The van der Waals surface area contributed by atoms with E-state index in [4.69, 9.17) is 0 Å². The Balaban J connectivity index is 1.62. The maximum atomic E-state index is 13.0. The average molecular weight is 382 g/mol. The lowest BCUT2D eigenvalue weighted by atomic mass is 9.89. The number of hydrogen-bond acceptors (Lipinski definition) is 4. The van der Waals surface area contributed by atoms with Gasteiger partial charge in [-0.05, 0) is 61.8 Å². The molecule has 3 aromatic rings. The largest absolute Gasteiger partial charge is 0.324 e. The molecule has 0 radical (unpaired) electrons. The van der Waals surface area contributed by atoms with Gasteiger partial charge in [0.25, 0.3) is 5.56 Å². The summed E-state index contributed by atoms with van der Waals surface area (Å²) in [7, 11) is 0. The first kappa shape index (κ1) is 17.9. The summed E-state index contributed by atoms with van der Waals surface area (Å²) in [5, 5.41) is 3.62. The lowest BCUT2D eigenvalue weighted by Gasteiger charge is -2.17. The molecule has 0 saturated carbocycles. The van der Waals surface area contributed by atoms with E-state index in [0.717, 1.165) is 46.5 Å². The number of benzene rings is 1. The fourth-order valence-corrected chi connectivity index (χ4v) is 5.05. The van der Waals surface area contributed by atoms with Gasteiger partial charge in [-0.1, -0.05) is 19.1 Å². The van der Waals surface area contributed by atoms with Gasteiger partial charge in [0.2, 0.25) is 5.91 Å². The Morgan fingerprint density at radius 3 is 3.00 bits per heavy atom. The van der Waals surface area contributed by atoms with Crippen molar-refractivity contribution in [3.8, 4) is 0 Å². The Hall–Kier alpha value is -2.47. The molecule has 0 bridgehead atoms. The molecule has 1 aromatic carbocycles. The summed E-state index contributed by atoms with van der Waals surface area (Å²) in [5.74, 6) is 0.431. The van der Waals surface area contributed by atoms with Crippen LogP contribution in [0, 0.1) is 19.8 Å². The number of aryl methyl sites for hydroxylation is 2. The maximum Gasteiger partial charge on any atom is 0.262 e. The molecule has 1 amide bonds. The van der Waals surface area contributed by atoms with E-state index in [9.17, 15) is 9.59 Å². The molecular formula is C21H23N3O2S. The minimum absolute atomic E-state index is 0.0316. The molecule has 4 rings (SSSR count). The van der Waals surface area contributed by atoms with Crippen LogP contribution in [0.3, 0.4) is 0 Å². The third-order valence-corrected chi connectivity index (χ3v) is 6.64. The van der Waals surface area contributed by atoms with Crippen LogP contribution in [0.1, 0.15) is 34.9 Å². The van der Waals surface area contributed by atoms with Crippen molar-refractivity contribution in [1.29, 1.82) is 0 Å². The summed E-state index contributed by atoms with van der Waals surface area (Å²) in [5.41, 5.74) is 3.97. The number of carbonyl (C=O) groups excluding carboxylic acids is 1. The van der Waals surface area contributed by atoms with E-state index in [-0.39, 0.29) is 18.0 Å². The van der Waals surface area contributed by atoms with Crippen molar-refractivity contribution >= 4 is 33.1 Å². The van der Waals surface area contributed by atoms with Crippen LogP contribution in [0.15, 0.2) is 29.3 Å². The highest BCUT2D eigenvalue weighted by Gasteiger charge is 2.23. The van der Waals surface area contributed by atoms with E-state index in [2.05, 4.69) is 17.2 Å². The summed E-state index contributed by atoms with van der Waals surface area (Å²) >= 11 is 1.63. The Morgan fingerprint density at radius 1 is 1.37 bits per heavy atom. The summed E-state index contributed by atoms with van der Waals surface area (Å²) < 4.78 is 1.42. The molecule has 140 valence electrons. The van der Waals surface area contributed by atoms with E-state index in [0.29, 0.717) is 11.3 Å². The first-order valence-electron chi connectivity index (χ1n) is 9.29. The molecule has 0 spiro atoms. The zero-order valence-electron chi connectivity index (χ0n) is 15.8. The number of carbonyl (C=O) groups is 1. The fraction of sp³-hybridized carbons (Fsp3) is 0.381. The average Bonchev–Trinajstić information content (AvgIpc) is 2.99. The maximum absolute atomic E-state index is 13.0. The standard InChI is InChI=1S/C21H23N3O2S/c1-12-7-8-15-17(9-12)27-20-19(15)21(26)24(11-22-20)10-18(25)23-16-6-4-5-13(2)14(16)3/h4-6,11-12H,7-10H2,1-3H3,(H,23,25). The van der Waals surface area contributed by atoms with E-state index in [1.165, 1.54) is 15.8 Å². The van der Waals surface area contributed by atoms with Gasteiger partial charge in [0, 0.05) is 10.6 Å². The Bertz CT molecular complexity index is 1100. The molecule has 1 aliphatic rings. The van der Waals surface area contributed by atoms with Crippen molar-refractivity contribution in [2.24, 2.45) is 5.92 Å². The van der Waals surface area contributed by atoms with Crippen LogP contribution in [0.2, 0.25) is 0 Å². The van der Waals surface area contributed by atoms with Gasteiger partial charge < -0.3 is 5.32 Å². The normalized spacial score (nSPS) is 16.3.